The van der Waals surface area contributed by atoms with E-state index in [1.807, 2.05) is 19.1 Å². The molecular formula is C22H20FN7O3. The molecule has 168 valence electrons. The van der Waals surface area contributed by atoms with E-state index >= 15 is 0 Å². The van der Waals surface area contributed by atoms with Gasteiger partial charge < -0.3 is 25.8 Å². The molecule has 4 rings (SSSR count). The molecule has 0 aliphatic heterocycles. The molecule has 0 saturated heterocycles. The first kappa shape index (κ1) is 21.7. The Morgan fingerprint density at radius 1 is 1.12 bits per heavy atom. The summed E-state index contributed by atoms with van der Waals surface area (Å²) >= 11 is 0. The van der Waals surface area contributed by atoms with Gasteiger partial charge in [0.05, 0.1) is 43.0 Å². The molecule has 11 heteroatoms. The number of anilines is 4. The molecule has 0 aliphatic carbocycles. The predicted octanol–water partition coefficient (Wildman–Crippen LogP) is 3.55. The van der Waals surface area contributed by atoms with Crippen LogP contribution in [0.3, 0.4) is 0 Å². The highest BCUT2D eigenvalue weighted by Crippen LogP contribution is 2.29. The molecule has 10 nitrogen and oxygen atoms in total. The summed E-state index contributed by atoms with van der Waals surface area (Å²) in [5.74, 6) is -0.819. The number of rotatable bonds is 8. The van der Waals surface area contributed by atoms with Gasteiger partial charge in [-0.25, -0.2) is 19.3 Å². The van der Waals surface area contributed by atoms with Crippen molar-refractivity contribution in [2.75, 3.05) is 24.4 Å². The molecule has 0 spiro atoms. The van der Waals surface area contributed by atoms with Crippen molar-refractivity contribution in [1.29, 1.82) is 0 Å². The third-order valence-corrected chi connectivity index (χ3v) is 4.53. The van der Waals surface area contributed by atoms with Crippen LogP contribution < -0.4 is 25.8 Å². The lowest BCUT2D eigenvalue weighted by Crippen LogP contribution is -2.16. The number of methoxy groups -OCH3 is 1. The summed E-state index contributed by atoms with van der Waals surface area (Å²) in [6.07, 6.45) is 2.50. The van der Waals surface area contributed by atoms with Crippen molar-refractivity contribution in [2.45, 2.75) is 6.92 Å². The standard InChI is InChI=1S/C22H20FN7O3/c1-3-33-21-17(32-2)9-13(10-25-21)27-22-26-11-14(23)20(30-22)29-16-8-12-6-4-5-7-15(12)28-18(16)19(24)31/h4-11H,3H2,1-2H3,(H2,24,31)(H2,26,27,29,30). The Hall–Kier alpha value is -4.54. The SMILES string of the molecule is CCOc1ncc(Nc2ncc(F)c(Nc3cc4ccccc4nc3C(N)=O)n2)cc1OC. The minimum absolute atomic E-state index is 0.0401. The molecule has 0 unspecified atom stereocenters. The van der Waals surface area contributed by atoms with Gasteiger partial charge >= 0.3 is 0 Å². The quantitative estimate of drug-likeness (QED) is 0.369. The number of hydrogen-bond acceptors (Lipinski definition) is 9. The molecule has 0 radical (unpaired) electrons. The number of carbonyl (C=O) groups is 1. The van der Waals surface area contributed by atoms with E-state index in [0.29, 0.717) is 29.4 Å². The second kappa shape index (κ2) is 9.30. The Balaban J connectivity index is 1.65. The lowest BCUT2D eigenvalue weighted by Gasteiger charge is -2.13. The summed E-state index contributed by atoms with van der Waals surface area (Å²) in [5.41, 5.74) is 6.74. The number of nitrogens with two attached hydrogens (primary N) is 1. The van der Waals surface area contributed by atoms with Crippen LogP contribution in [0.2, 0.25) is 0 Å². The number of primary amides is 1. The van der Waals surface area contributed by atoms with Gasteiger partial charge in [-0.1, -0.05) is 18.2 Å². The number of benzene rings is 1. The fourth-order valence-electron chi connectivity index (χ4n) is 3.06. The van der Waals surface area contributed by atoms with Crippen molar-refractivity contribution in [3.63, 3.8) is 0 Å². The summed E-state index contributed by atoms with van der Waals surface area (Å²) in [6, 6.07) is 10.5. The van der Waals surface area contributed by atoms with Gasteiger partial charge in [0.2, 0.25) is 5.95 Å². The largest absolute Gasteiger partial charge is 0.491 e. The lowest BCUT2D eigenvalue weighted by atomic mass is 10.1. The van der Waals surface area contributed by atoms with Gasteiger partial charge in [0.25, 0.3) is 11.8 Å². The number of nitrogens with zero attached hydrogens (tertiary/aromatic N) is 4. The Bertz CT molecular complexity index is 1330. The smallest absolute Gasteiger partial charge is 0.269 e. The highest BCUT2D eigenvalue weighted by molar-refractivity contribution is 6.00. The summed E-state index contributed by atoms with van der Waals surface area (Å²) in [5, 5.41) is 6.47. The molecule has 1 amide bonds. The van der Waals surface area contributed by atoms with E-state index in [-0.39, 0.29) is 23.1 Å². The number of para-hydroxylation sites is 1. The molecule has 1 aromatic carbocycles. The summed E-state index contributed by atoms with van der Waals surface area (Å²) in [6.45, 7) is 2.27. The molecule has 0 atom stereocenters. The molecule has 3 aromatic heterocycles. The number of pyridine rings is 2. The van der Waals surface area contributed by atoms with Crippen molar-refractivity contribution in [3.8, 4) is 11.6 Å². The number of amides is 1. The van der Waals surface area contributed by atoms with Crippen molar-refractivity contribution >= 4 is 40.0 Å². The fraction of sp³-hybridized carbons (Fsp3) is 0.136. The van der Waals surface area contributed by atoms with Crippen LogP contribution in [-0.4, -0.2) is 39.6 Å². The van der Waals surface area contributed by atoms with Gasteiger partial charge in [0.15, 0.2) is 23.1 Å². The molecule has 4 aromatic rings. The van der Waals surface area contributed by atoms with Crippen LogP contribution in [-0.2, 0) is 0 Å². The maximum Gasteiger partial charge on any atom is 0.269 e. The molecule has 33 heavy (non-hydrogen) atoms. The molecule has 3 heterocycles. The van der Waals surface area contributed by atoms with E-state index in [1.165, 1.54) is 13.3 Å². The van der Waals surface area contributed by atoms with E-state index in [0.717, 1.165) is 11.6 Å². The van der Waals surface area contributed by atoms with Crippen LogP contribution in [0.5, 0.6) is 11.6 Å². The summed E-state index contributed by atoms with van der Waals surface area (Å²) < 4.78 is 25.2. The summed E-state index contributed by atoms with van der Waals surface area (Å²) in [4.78, 5) is 28.5. The normalized spacial score (nSPS) is 10.6. The van der Waals surface area contributed by atoms with Crippen LogP contribution in [0.25, 0.3) is 10.9 Å². The third kappa shape index (κ3) is 4.71. The Morgan fingerprint density at radius 2 is 1.94 bits per heavy atom. The number of nitrogens with one attached hydrogen (secondary N) is 2. The predicted molar refractivity (Wildman–Crippen MR) is 121 cm³/mol. The number of carbonyl (C=O) groups excluding carboxylic acids is 1. The maximum atomic E-state index is 14.5. The maximum absolute atomic E-state index is 14.5. The van der Waals surface area contributed by atoms with Crippen molar-refractivity contribution in [1.82, 2.24) is 19.9 Å². The Labute approximate surface area is 188 Å². The van der Waals surface area contributed by atoms with Crippen molar-refractivity contribution in [3.05, 3.63) is 60.3 Å². The van der Waals surface area contributed by atoms with Gasteiger partial charge in [-0.3, -0.25) is 4.79 Å². The second-order valence-electron chi connectivity index (χ2n) is 6.75. The minimum atomic E-state index is -0.761. The zero-order chi connectivity index (χ0) is 23.4. The first-order valence-corrected chi connectivity index (χ1v) is 9.91. The highest BCUT2D eigenvalue weighted by Gasteiger charge is 2.16. The zero-order valence-corrected chi connectivity index (χ0v) is 17.8. The average molecular weight is 449 g/mol. The van der Waals surface area contributed by atoms with Crippen LogP contribution in [0.4, 0.5) is 27.5 Å². The van der Waals surface area contributed by atoms with Gasteiger partial charge in [-0.2, -0.15) is 4.98 Å². The number of hydrogen-bond donors (Lipinski definition) is 3. The van der Waals surface area contributed by atoms with Gasteiger partial charge in [-0.15, -0.1) is 0 Å². The monoisotopic (exact) mass is 449 g/mol. The van der Waals surface area contributed by atoms with E-state index in [4.69, 9.17) is 15.2 Å². The van der Waals surface area contributed by atoms with E-state index < -0.39 is 11.7 Å². The number of ether oxygens (including phenoxy) is 2. The third-order valence-electron chi connectivity index (χ3n) is 4.53. The molecular weight excluding hydrogens is 429 g/mol. The molecule has 0 bridgehead atoms. The first-order valence-electron chi connectivity index (χ1n) is 9.91. The van der Waals surface area contributed by atoms with Gasteiger partial charge in [-0.05, 0) is 19.1 Å². The minimum Gasteiger partial charge on any atom is -0.491 e. The van der Waals surface area contributed by atoms with Crippen LogP contribution in [0.1, 0.15) is 17.4 Å². The van der Waals surface area contributed by atoms with Crippen LogP contribution in [0, 0.1) is 5.82 Å². The highest BCUT2D eigenvalue weighted by atomic mass is 19.1. The zero-order valence-electron chi connectivity index (χ0n) is 17.8. The molecule has 0 saturated carbocycles. The van der Waals surface area contributed by atoms with E-state index in [2.05, 4.69) is 30.6 Å². The van der Waals surface area contributed by atoms with E-state index in [1.54, 1.807) is 24.3 Å². The summed E-state index contributed by atoms with van der Waals surface area (Å²) in [7, 11) is 1.49. The first-order chi connectivity index (χ1) is 16.0. The van der Waals surface area contributed by atoms with Crippen molar-refractivity contribution in [2.24, 2.45) is 5.73 Å². The molecule has 0 fully saturated rings. The number of aromatic nitrogens is 4. The number of fused-ring (bicyclic) bond motifs is 1. The van der Waals surface area contributed by atoms with Crippen LogP contribution in [0.15, 0.2) is 48.8 Å². The average Bonchev–Trinajstić information content (AvgIpc) is 2.81. The van der Waals surface area contributed by atoms with Crippen LogP contribution >= 0.6 is 0 Å². The van der Waals surface area contributed by atoms with E-state index in [9.17, 15) is 9.18 Å². The van der Waals surface area contributed by atoms with Crippen molar-refractivity contribution < 1.29 is 18.7 Å². The lowest BCUT2D eigenvalue weighted by molar-refractivity contribution is 0.0997. The number of halogens is 1. The topological polar surface area (TPSA) is 137 Å². The van der Waals surface area contributed by atoms with Gasteiger partial charge in [0.1, 0.15) is 0 Å². The Morgan fingerprint density at radius 3 is 2.70 bits per heavy atom. The van der Waals surface area contributed by atoms with Gasteiger partial charge in [0, 0.05) is 11.5 Å². The fourth-order valence-corrected chi connectivity index (χ4v) is 3.06. The Kier molecular flexibility index (Phi) is 6.11. The molecule has 4 N–H and O–H groups in total. The second-order valence-corrected chi connectivity index (χ2v) is 6.75. The molecule has 0 aliphatic rings.